The monoisotopic (exact) mass is 882 g/mol. The molecule has 0 radical (unpaired) electrons. The Kier molecular flexibility index (Phi) is 38.4. The first-order chi connectivity index (χ1) is 30.2. The SMILES string of the molecule is CCC/C=C/CC/C=C/CC/C=C/CCCC(O)C(O)C(COC1OC(CO)C(O)C(O)C1O)NC(=O)C(O)CCCCCCCCCCCCCCCCCCCCCCC. The number of aliphatic hydroxyl groups is 7. The third-order valence-corrected chi connectivity index (χ3v) is 12.1. The first-order valence-electron chi connectivity index (χ1n) is 25.4. The zero-order valence-electron chi connectivity index (χ0n) is 39.4. The highest BCUT2D eigenvalue weighted by Crippen LogP contribution is 2.23. The first-order valence-corrected chi connectivity index (χ1v) is 25.4. The van der Waals surface area contributed by atoms with Gasteiger partial charge < -0.3 is 50.5 Å². The number of nitrogens with one attached hydrogen (secondary N) is 1. The molecule has 1 aliphatic rings. The smallest absolute Gasteiger partial charge is 0.249 e. The highest BCUT2D eigenvalue weighted by molar-refractivity contribution is 5.80. The van der Waals surface area contributed by atoms with Crippen molar-refractivity contribution >= 4 is 5.91 Å². The molecule has 0 aromatic heterocycles. The predicted octanol–water partition coefficient (Wildman–Crippen LogP) is 9.17. The number of aliphatic hydroxyl groups excluding tert-OH is 7. The first kappa shape index (κ1) is 58.3. The molecule has 11 nitrogen and oxygen atoms in total. The minimum Gasteiger partial charge on any atom is -0.394 e. The average Bonchev–Trinajstić information content (AvgIpc) is 3.27. The third kappa shape index (κ3) is 29.7. The average molecular weight is 882 g/mol. The van der Waals surface area contributed by atoms with Crippen LogP contribution in [0.2, 0.25) is 0 Å². The summed E-state index contributed by atoms with van der Waals surface area (Å²) in [4.78, 5) is 13.1. The molecular weight excluding hydrogens is 787 g/mol. The largest absolute Gasteiger partial charge is 0.394 e. The van der Waals surface area contributed by atoms with Gasteiger partial charge in [-0.2, -0.15) is 0 Å². The molecule has 364 valence electrons. The molecule has 11 heteroatoms. The molecule has 0 aromatic carbocycles. The van der Waals surface area contributed by atoms with Gasteiger partial charge in [0, 0.05) is 0 Å². The molecule has 1 rings (SSSR count). The van der Waals surface area contributed by atoms with Crippen LogP contribution in [0.4, 0.5) is 0 Å². The Hall–Kier alpha value is -1.67. The summed E-state index contributed by atoms with van der Waals surface area (Å²) < 4.78 is 11.1. The molecule has 1 fully saturated rings. The van der Waals surface area contributed by atoms with Crippen molar-refractivity contribution in [3.05, 3.63) is 36.5 Å². The Bertz CT molecular complexity index is 1100. The van der Waals surface area contributed by atoms with Crippen LogP contribution in [0, 0.1) is 0 Å². The number of hydrogen-bond acceptors (Lipinski definition) is 10. The summed E-state index contributed by atoms with van der Waals surface area (Å²) in [6, 6.07) is -1.19. The second-order valence-electron chi connectivity index (χ2n) is 17.9. The Labute approximate surface area is 377 Å². The number of hydrogen-bond donors (Lipinski definition) is 8. The van der Waals surface area contributed by atoms with Gasteiger partial charge in [-0.25, -0.2) is 0 Å². The molecule has 8 N–H and O–H groups in total. The lowest BCUT2D eigenvalue weighted by atomic mass is 9.98. The molecule has 1 aliphatic heterocycles. The molecule has 9 unspecified atom stereocenters. The molecular formula is C51H95NO10. The topological polar surface area (TPSA) is 189 Å². The highest BCUT2D eigenvalue weighted by atomic mass is 16.7. The molecule has 62 heavy (non-hydrogen) atoms. The lowest BCUT2D eigenvalue weighted by Crippen LogP contribution is -2.60. The van der Waals surface area contributed by atoms with Crippen LogP contribution in [0.1, 0.15) is 213 Å². The maximum Gasteiger partial charge on any atom is 0.249 e. The fourth-order valence-electron chi connectivity index (χ4n) is 7.95. The number of ether oxygens (including phenoxy) is 2. The zero-order valence-corrected chi connectivity index (χ0v) is 39.4. The number of rotatable bonds is 42. The van der Waals surface area contributed by atoms with E-state index in [1.54, 1.807) is 0 Å². The van der Waals surface area contributed by atoms with E-state index >= 15 is 0 Å². The van der Waals surface area contributed by atoms with Gasteiger partial charge >= 0.3 is 0 Å². The fourth-order valence-corrected chi connectivity index (χ4v) is 7.95. The quantitative estimate of drug-likeness (QED) is 0.0217. The van der Waals surface area contributed by atoms with E-state index in [1.807, 2.05) is 0 Å². The summed E-state index contributed by atoms with van der Waals surface area (Å²) in [6.07, 6.45) is 36.3. The Balaban J connectivity index is 2.39. The van der Waals surface area contributed by atoms with E-state index in [2.05, 4.69) is 55.6 Å². The van der Waals surface area contributed by atoms with Gasteiger partial charge in [-0.3, -0.25) is 4.79 Å². The molecule has 0 aromatic rings. The third-order valence-electron chi connectivity index (χ3n) is 12.1. The summed E-state index contributed by atoms with van der Waals surface area (Å²) in [6.45, 7) is 3.36. The minimum absolute atomic E-state index is 0.241. The molecule has 0 bridgehead atoms. The highest BCUT2D eigenvalue weighted by Gasteiger charge is 2.44. The van der Waals surface area contributed by atoms with Gasteiger partial charge in [-0.1, -0.05) is 192 Å². The number of carbonyl (C=O) groups excluding carboxylic acids is 1. The summed E-state index contributed by atoms with van der Waals surface area (Å²) in [5.41, 5.74) is 0. The molecule has 0 aliphatic carbocycles. The van der Waals surface area contributed by atoms with Crippen molar-refractivity contribution < 1.29 is 50.0 Å². The van der Waals surface area contributed by atoms with Crippen molar-refractivity contribution in [3.63, 3.8) is 0 Å². The molecule has 9 atom stereocenters. The van der Waals surface area contributed by atoms with Gasteiger partial charge in [0.25, 0.3) is 0 Å². The van der Waals surface area contributed by atoms with Crippen LogP contribution in [-0.2, 0) is 14.3 Å². The second kappa shape index (κ2) is 40.8. The zero-order chi connectivity index (χ0) is 45.5. The Morgan fingerprint density at radius 1 is 0.548 bits per heavy atom. The Morgan fingerprint density at radius 2 is 0.984 bits per heavy atom. The molecule has 0 saturated carbocycles. The number of amides is 1. The second-order valence-corrected chi connectivity index (χ2v) is 17.9. The predicted molar refractivity (Wildman–Crippen MR) is 252 cm³/mol. The summed E-state index contributed by atoms with van der Waals surface area (Å²) in [5, 5.41) is 75.7. The number of carbonyl (C=O) groups is 1. The van der Waals surface area contributed by atoms with Gasteiger partial charge in [-0.15, -0.1) is 0 Å². The van der Waals surface area contributed by atoms with E-state index in [4.69, 9.17) is 9.47 Å². The molecule has 0 spiro atoms. The van der Waals surface area contributed by atoms with Crippen LogP contribution in [0.3, 0.4) is 0 Å². The minimum atomic E-state index is -1.67. The van der Waals surface area contributed by atoms with Crippen LogP contribution in [0.25, 0.3) is 0 Å². The number of unbranched alkanes of at least 4 members (excludes halogenated alkanes) is 24. The lowest BCUT2D eigenvalue weighted by molar-refractivity contribution is -0.303. The van der Waals surface area contributed by atoms with E-state index in [-0.39, 0.29) is 12.8 Å². The van der Waals surface area contributed by atoms with Gasteiger partial charge in [0.1, 0.15) is 36.6 Å². The standard InChI is InChI=1S/C51H95NO10/c1-3-5-7-9-11-13-15-17-19-20-21-22-23-24-25-27-29-31-33-35-37-39-44(55)50(60)52-42(41-61-51-49(59)48(58)47(57)45(40-53)62-51)46(56)43(54)38-36-34-32-30-28-26-18-16-14-12-10-8-6-4-2/h8,10,16,18,30,32,42-49,51,53-59H,3-7,9,11-15,17,19-29,31,33-41H2,1-2H3,(H,52,60)/b10-8+,18-16+,32-30+. The molecule has 1 heterocycles. The summed E-state index contributed by atoms with van der Waals surface area (Å²) >= 11 is 0. The lowest BCUT2D eigenvalue weighted by Gasteiger charge is -2.40. The van der Waals surface area contributed by atoms with Crippen LogP contribution < -0.4 is 5.32 Å². The maximum absolute atomic E-state index is 13.1. The van der Waals surface area contributed by atoms with Crippen molar-refractivity contribution in [1.82, 2.24) is 5.32 Å². The van der Waals surface area contributed by atoms with Gasteiger partial charge in [0.2, 0.25) is 5.91 Å². The molecule has 1 amide bonds. The number of allylic oxidation sites excluding steroid dienone is 6. The maximum atomic E-state index is 13.1. The fraction of sp³-hybridized carbons (Fsp3) is 0.863. The van der Waals surface area contributed by atoms with Crippen LogP contribution in [0.15, 0.2) is 36.5 Å². The van der Waals surface area contributed by atoms with Gasteiger partial charge in [-0.05, 0) is 57.8 Å². The van der Waals surface area contributed by atoms with E-state index in [0.29, 0.717) is 19.3 Å². The van der Waals surface area contributed by atoms with Crippen molar-refractivity contribution in [2.45, 2.75) is 268 Å². The normalized spacial score (nSPS) is 21.6. The summed E-state index contributed by atoms with van der Waals surface area (Å²) in [5.74, 6) is -0.711. The summed E-state index contributed by atoms with van der Waals surface area (Å²) in [7, 11) is 0. The van der Waals surface area contributed by atoms with Crippen molar-refractivity contribution in [1.29, 1.82) is 0 Å². The van der Waals surface area contributed by atoms with Gasteiger partial charge in [0.15, 0.2) is 6.29 Å². The van der Waals surface area contributed by atoms with Crippen molar-refractivity contribution in [2.75, 3.05) is 13.2 Å². The molecule has 1 saturated heterocycles. The van der Waals surface area contributed by atoms with E-state index in [1.165, 1.54) is 116 Å². The van der Waals surface area contributed by atoms with Crippen LogP contribution in [-0.4, -0.2) is 110 Å². The Morgan fingerprint density at radius 3 is 1.44 bits per heavy atom. The van der Waals surface area contributed by atoms with Crippen molar-refractivity contribution in [2.24, 2.45) is 0 Å². The van der Waals surface area contributed by atoms with Gasteiger partial charge in [0.05, 0.1) is 25.4 Å². The van der Waals surface area contributed by atoms with Crippen molar-refractivity contribution in [3.8, 4) is 0 Å². The van der Waals surface area contributed by atoms with Crippen LogP contribution >= 0.6 is 0 Å². The van der Waals surface area contributed by atoms with E-state index in [0.717, 1.165) is 51.4 Å². The van der Waals surface area contributed by atoms with E-state index in [9.17, 15) is 40.5 Å². The van der Waals surface area contributed by atoms with Crippen LogP contribution in [0.5, 0.6) is 0 Å². The van der Waals surface area contributed by atoms with E-state index < -0.39 is 74.2 Å².